The van der Waals surface area contributed by atoms with Gasteiger partial charge in [0.1, 0.15) is 0 Å². The lowest BCUT2D eigenvalue weighted by atomic mass is 10.1. The van der Waals surface area contributed by atoms with Crippen LogP contribution < -0.4 is 0 Å². The zero-order chi connectivity index (χ0) is 12.5. The molecule has 1 N–H and O–H groups in total. The van der Waals surface area contributed by atoms with E-state index < -0.39 is 0 Å². The molecule has 0 aromatic heterocycles. The van der Waals surface area contributed by atoms with Gasteiger partial charge in [0.25, 0.3) is 0 Å². The van der Waals surface area contributed by atoms with Crippen LogP contribution in [0.15, 0.2) is 0 Å². The van der Waals surface area contributed by atoms with Gasteiger partial charge in [-0.25, -0.2) is 0 Å². The van der Waals surface area contributed by atoms with Crippen LogP contribution in [0.1, 0.15) is 72.1 Å². The molecule has 0 atom stereocenters. The maximum atomic E-state index is 7.57. The third kappa shape index (κ3) is 24.1. The molecular formula is C14H32MgO. The Morgan fingerprint density at radius 2 is 1.12 bits per heavy atom. The molecule has 0 unspecified atom stereocenters. The van der Waals surface area contributed by atoms with Gasteiger partial charge in [-0.2, -0.15) is 0 Å². The van der Waals surface area contributed by atoms with Crippen LogP contribution in [0.2, 0.25) is 9.10 Å². The van der Waals surface area contributed by atoms with Crippen molar-refractivity contribution in [2.75, 3.05) is 6.61 Å². The van der Waals surface area contributed by atoms with Crippen molar-refractivity contribution in [1.29, 1.82) is 0 Å². The van der Waals surface area contributed by atoms with E-state index in [0.29, 0.717) is 20.4 Å². The highest BCUT2D eigenvalue weighted by molar-refractivity contribution is 6.35. The minimum absolute atomic E-state index is 0.250. The van der Waals surface area contributed by atoms with Crippen LogP contribution in [0.3, 0.4) is 0 Å². The Labute approximate surface area is 113 Å². The van der Waals surface area contributed by atoms with Gasteiger partial charge in [-0.05, 0) is 6.92 Å². The second kappa shape index (κ2) is 21.1. The van der Waals surface area contributed by atoms with Crippen LogP contribution in [0.25, 0.3) is 0 Å². The summed E-state index contributed by atoms with van der Waals surface area (Å²) in [7, 11) is 0. The fraction of sp³-hybridized carbons (Fsp3) is 1.00. The Hall–Kier alpha value is 0.726. The largest absolute Gasteiger partial charge is 0.397 e. The van der Waals surface area contributed by atoms with E-state index in [2.05, 4.69) is 13.8 Å². The molecule has 0 saturated heterocycles. The molecule has 0 aliphatic carbocycles. The maximum Gasteiger partial charge on any atom is 0.364 e. The van der Waals surface area contributed by atoms with E-state index >= 15 is 0 Å². The van der Waals surface area contributed by atoms with Gasteiger partial charge >= 0.3 is 20.4 Å². The second-order valence-corrected chi connectivity index (χ2v) is 6.62. The van der Waals surface area contributed by atoms with Crippen molar-refractivity contribution in [2.45, 2.75) is 81.2 Å². The van der Waals surface area contributed by atoms with Crippen molar-refractivity contribution in [3.05, 3.63) is 0 Å². The molecule has 0 fully saturated rings. The lowest BCUT2D eigenvalue weighted by Crippen LogP contribution is -1.89. The van der Waals surface area contributed by atoms with Gasteiger partial charge in [0, 0.05) is 6.61 Å². The lowest BCUT2D eigenvalue weighted by molar-refractivity contribution is 0.318. The van der Waals surface area contributed by atoms with Crippen LogP contribution in [0, 0.1) is 0 Å². The van der Waals surface area contributed by atoms with E-state index in [0.717, 1.165) is 0 Å². The Kier molecular flexibility index (Phi) is 25.1. The van der Waals surface area contributed by atoms with Crippen LogP contribution in [-0.4, -0.2) is 32.1 Å². The molecule has 0 saturated carbocycles. The summed E-state index contributed by atoms with van der Waals surface area (Å²) in [6.07, 6.45) is 11.8. The van der Waals surface area contributed by atoms with Gasteiger partial charge in [0.2, 0.25) is 0 Å². The molecule has 1 nitrogen and oxygen atoms in total. The Bertz CT molecular complexity index is 86.7. The molecule has 2 heteroatoms. The van der Waals surface area contributed by atoms with Crippen LogP contribution in [0.4, 0.5) is 0 Å². The number of aliphatic hydroxyl groups excluding tert-OH is 1. The number of hydrogen-bond acceptors (Lipinski definition) is 1. The fourth-order valence-corrected chi connectivity index (χ4v) is 3.65. The number of unbranched alkanes of at least 4 members (excludes halogenated alkanes) is 6. The smallest absolute Gasteiger partial charge is 0.364 e. The summed E-state index contributed by atoms with van der Waals surface area (Å²) in [6, 6.07) is 0. The standard InChI is InChI=1S/C8H17.C4H9.C2H6O.Mg/c1-3-5-7-8-6-4-2;1-3-4-2;1-2-3;/h1,3-8H2,2H3;1,3-4H2,2H3;3H,2H2,1H3;. The maximum absolute atomic E-state index is 7.57. The molecule has 0 aliphatic heterocycles. The quantitative estimate of drug-likeness (QED) is 0.434. The van der Waals surface area contributed by atoms with E-state index in [1.165, 1.54) is 44.9 Å². The van der Waals surface area contributed by atoms with Crippen molar-refractivity contribution in [3.63, 3.8) is 0 Å². The van der Waals surface area contributed by atoms with Crippen molar-refractivity contribution < 1.29 is 5.11 Å². The zero-order valence-electron chi connectivity index (χ0n) is 11.9. The fourth-order valence-electron chi connectivity index (χ4n) is 1.74. The third-order valence-electron chi connectivity index (χ3n) is 2.71. The molecule has 0 rings (SSSR count). The zero-order valence-corrected chi connectivity index (χ0v) is 13.3. The molecule has 0 aromatic rings. The van der Waals surface area contributed by atoms with E-state index in [4.69, 9.17) is 5.11 Å². The van der Waals surface area contributed by atoms with Crippen molar-refractivity contribution in [2.24, 2.45) is 0 Å². The highest BCUT2D eigenvalue weighted by Crippen LogP contribution is 2.08. The van der Waals surface area contributed by atoms with Crippen LogP contribution >= 0.6 is 0 Å². The summed E-state index contributed by atoms with van der Waals surface area (Å²) in [5.41, 5.74) is 0. The van der Waals surface area contributed by atoms with Gasteiger partial charge in [-0.3, -0.25) is 0 Å². The third-order valence-corrected chi connectivity index (χ3v) is 4.71. The van der Waals surface area contributed by atoms with E-state index in [-0.39, 0.29) is 6.61 Å². The summed E-state index contributed by atoms with van der Waals surface area (Å²) in [4.78, 5) is 0. The first-order valence-corrected chi connectivity index (χ1v) is 9.44. The first-order chi connectivity index (χ1) is 7.83. The van der Waals surface area contributed by atoms with E-state index in [1.54, 1.807) is 22.4 Å². The van der Waals surface area contributed by atoms with Gasteiger partial charge in [0.15, 0.2) is 0 Å². The average Bonchev–Trinajstić information content (AvgIpc) is 2.28. The van der Waals surface area contributed by atoms with Crippen molar-refractivity contribution in [1.82, 2.24) is 0 Å². The Balaban J connectivity index is 0. The molecule has 0 heterocycles. The van der Waals surface area contributed by atoms with Crippen LogP contribution in [0.5, 0.6) is 0 Å². The van der Waals surface area contributed by atoms with Gasteiger partial charge < -0.3 is 5.11 Å². The topological polar surface area (TPSA) is 20.2 Å². The van der Waals surface area contributed by atoms with Gasteiger partial charge in [0.05, 0.1) is 0 Å². The monoisotopic (exact) mass is 240 g/mol. The van der Waals surface area contributed by atoms with Gasteiger partial charge in [-0.1, -0.05) is 65.2 Å². The molecule has 0 aromatic carbocycles. The first kappa shape index (κ1) is 19.1. The predicted octanol–water partition coefficient (Wildman–Crippen LogP) is 4.69. The van der Waals surface area contributed by atoms with Crippen molar-refractivity contribution >= 4 is 20.4 Å². The molecule has 0 aliphatic rings. The molecule has 0 radical (unpaired) electrons. The Morgan fingerprint density at radius 1 is 0.688 bits per heavy atom. The summed E-state index contributed by atoms with van der Waals surface area (Å²) in [6.45, 7) is 6.52. The van der Waals surface area contributed by atoms with E-state index in [9.17, 15) is 0 Å². The molecule has 96 valence electrons. The Morgan fingerprint density at radius 3 is 1.69 bits per heavy atom. The van der Waals surface area contributed by atoms with E-state index in [1.807, 2.05) is 0 Å². The summed E-state index contributed by atoms with van der Waals surface area (Å²) < 4.78 is 3.22. The van der Waals surface area contributed by atoms with Crippen molar-refractivity contribution in [3.8, 4) is 0 Å². The number of rotatable bonds is 10. The minimum atomic E-state index is 0.250. The minimum Gasteiger partial charge on any atom is -0.397 e. The normalized spacial score (nSPS) is 9.25. The second-order valence-electron chi connectivity index (χ2n) is 4.50. The molecular weight excluding hydrogens is 208 g/mol. The highest BCUT2D eigenvalue weighted by Gasteiger charge is 1.95. The summed E-state index contributed by atoms with van der Waals surface area (Å²) >= 11 is 0.361. The number of aliphatic hydroxyl groups is 1. The van der Waals surface area contributed by atoms with Crippen LogP contribution in [-0.2, 0) is 0 Å². The number of hydrogen-bond donors (Lipinski definition) is 1. The SMILES string of the molecule is CCCCCCC[CH2][Mg][CH2]CCC.CCO. The van der Waals surface area contributed by atoms with Gasteiger partial charge in [-0.15, -0.1) is 9.10 Å². The molecule has 16 heavy (non-hydrogen) atoms. The summed E-state index contributed by atoms with van der Waals surface area (Å²) in [5.74, 6) is 0. The predicted molar refractivity (Wildman–Crippen MR) is 76.4 cm³/mol. The molecule has 0 amide bonds. The highest BCUT2D eigenvalue weighted by atomic mass is 24.5. The lowest BCUT2D eigenvalue weighted by Gasteiger charge is -1.99. The molecule has 0 spiro atoms. The summed E-state index contributed by atoms with van der Waals surface area (Å²) in [5, 5.41) is 7.57. The average molecular weight is 241 g/mol. The first-order valence-electron chi connectivity index (χ1n) is 7.44. The molecule has 0 bridgehead atoms.